The number of amides is 1. The van der Waals surface area contributed by atoms with Gasteiger partial charge in [-0.05, 0) is 61.2 Å². The van der Waals surface area contributed by atoms with Gasteiger partial charge in [0.2, 0.25) is 0 Å². The van der Waals surface area contributed by atoms with Gasteiger partial charge in [0.25, 0.3) is 5.91 Å². The number of hydrogen-bond acceptors (Lipinski definition) is 4. The Labute approximate surface area is 170 Å². The third-order valence-corrected chi connectivity index (χ3v) is 4.63. The van der Waals surface area contributed by atoms with Gasteiger partial charge in [-0.15, -0.1) is 0 Å². The van der Waals surface area contributed by atoms with Crippen molar-refractivity contribution < 1.29 is 18.7 Å². The maximum absolute atomic E-state index is 13.0. The van der Waals surface area contributed by atoms with E-state index in [9.17, 15) is 14.4 Å². The Morgan fingerprint density at radius 1 is 1.14 bits per heavy atom. The number of likely N-dealkylation sites (tertiary alicyclic amines) is 1. The van der Waals surface area contributed by atoms with E-state index in [1.807, 2.05) is 13.0 Å². The van der Waals surface area contributed by atoms with Gasteiger partial charge in [-0.1, -0.05) is 18.2 Å². The first-order valence-corrected chi connectivity index (χ1v) is 9.66. The van der Waals surface area contributed by atoms with E-state index in [0.29, 0.717) is 36.8 Å². The van der Waals surface area contributed by atoms with Crippen LogP contribution in [0.25, 0.3) is 6.08 Å². The largest absolute Gasteiger partial charge is 0.490 e. The average Bonchev–Trinajstić information content (AvgIpc) is 3.27. The van der Waals surface area contributed by atoms with E-state index < -0.39 is 0 Å². The summed E-state index contributed by atoms with van der Waals surface area (Å²) in [6, 6.07) is 13.4. The van der Waals surface area contributed by atoms with Crippen LogP contribution in [0.2, 0.25) is 0 Å². The first kappa shape index (κ1) is 20.4. The smallest absolute Gasteiger partial charge is 0.264 e. The Kier molecular flexibility index (Phi) is 6.85. The highest BCUT2D eigenvalue weighted by molar-refractivity contribution is 6.01. The van der Waals surface area contributed by atoms with Crippen LogP contribution in [0.1, 0.15) is 30.9 Å². The molecule has 5 nitrogen and oxygen atoms in total. The van der Waals surface area contributed by atoms with Crippen molar-refractivity contribution in [1.29, 1.82) is 5.26 Å². The highest BCUT2D eigenvalue weighted by Crippen LogP contribution is 2.30. The molecule has 0 saturated carbocycles. The summed E-state index contributed by atoms with van der Waals surface area (Å²) < 4.78 is 24.5. The maximum atomic E-state index is 13.0. The minimum Gasteiger partial charge on any atom is -0.490 e. The molecule has 0 spiro atoms. The fourth-order valence-electron chi connectivity index (χ4n) is 3.14. The summed E-state index contributed by atoms with van der Waals surface area (Å²) in [7, 11) is 0. The van der Waals surface area contributed by atoms with E-state index in [4.69, 9.17) is 9.47 Å². The van der Waals surface area contributed by atoms with E-state index in [2.05, 4.69) is 0 Å². The second kappa shape index (κ2) is 9.74. The van der Waals surface area contributed by atoms with Crippen molar-refractivity contribution in [2.75, 3.05) is 19.7 Å². The molecule has 1 aliphatic heterocycles. The molecule has 3 rings (SSSR count). The standard InChI is InChI=1S/C23H23FN2O3/c1-2-28-22-14-18(13-19(15-25)23(27)26-11-3-4-12-26)7-10-21(22)29-16-17-5-8-20(24)9-6-17/h5-10,13-14H,2-4,11-12,16H2,1H3/b19-13+. The first-order valence-electron chi connectivity index (χ1n) is 9.66. The van der Waals surface area contributed by atoms with Crippen LogP contribution in [0.4, 0.5) is 4.39 Å². The van der Waals surface area contributed by atoms with E-state index >= 15 is 0 Å². The van der Waals surface area contributed by atoms with Crippen LogP contribution in [0.5, 0.6) is 11.5 Å². The number of ether oxygens (including phenoxy) is 2. The number of rotatable bonds is 7. The van der Waals surface area contributed by atoms with Crippen LogP contribution in [-0.4, -0.2) is 30.5 Å². The van der Waals surface area contributed by atoms with Crippen molar-refractivity contribution >= 4 is 12.0 Å². The Morgan fingerprint density at radius 3 is 2.52 bits per heavy atom. The quantitative estimate of drug-likeness (QED) is 0.518. The van der Waals surface area contributed by atoms with Crippen molar-refractivity contribution in [2.45, 2.75) is 26.4 Å². The molecule has 0 aliphatic carbocycles. The lowest BCUT2D eigenvalue weighted by atomic mass is 10.1. The van der Waals surface area contributed by atoms with Crippen molar-refractivity contribution in [3.05, 3.63) is 65.0 Å². The molecule has 1 saturated heterocycles. The number of halogens is 1. The van der Waals surface area contributed by atoms with E-state index in [1.165, 1.54) is 12.1 Å². The Morgan fingerprint density at radius 2 is 1.86 bits per heavy atom. The Hall–Kier alpha value is -3.33. The zero-order chi connectivity index (χ0) is 20.6. The zero-order valence-corrected chi connectivity index (χ0v) is 16.4. The third kappa shape index (κ3) is 5.35. The highest BCUT2D eigenvalue weighted by Gasteiger charge is 2.21. The number of hydrogen-bond donors (Lipinski definition) is 0. The third-order valence-electron chi connectivity index (χ3n) is 4.63. The van der Waals surface area contributed by atoms with Gasteiger partial charge in [-0.3, -0.25) is 4.79 Å². The summed E-state index contributed by atoms with van der Waals surface area (Å²) in [5.74, 6) is 0.531. The minimum absolute atomic E-state index is 0.106. The van der Waals surface area contributed by atoms with Crippen molar-refractivity contribution in [3.8, 4) is 17.6 Å². The van der Waals surface area contributed by atoms with E-state index in [-0.39, 0.29) is 23.9 Å². The number of nitrogens with zero attached hydrogens (tertiary/aromatic N) is 2. The van der Waals surface area contributed by atoms with Gasteiger partial charge >= 0.3 is 0 Å². The normalized spacial score (nSPS) is 13.8. The van der Waals surface area contributed by atoms with Gasteiger partial charge < -0.3 is 14.4 Å². The van der Waals surface area contributed by atoms with Crippen LogP contribution in [0.3, 0.4) is 0 Å². The van der Waals surface area contributed by atoms with Crippen LogP contribution < -0.4 is 9.47 Å². The molecule has 1 fully saturated rings. The van der Waals surface area contributed by atoms with Crippen LogP contribution >= 0.6 is 0 Å². The summed E-state index contributed by atoms with van der Waals surface area (Å²) in [6.07, 6.45) is 3.52. The van der Waals surface area contributed by atoms with Crippen LogP contribution in [0.15, 0.2) is 48.0 Å². The van der Waals surface area contributed by atoms with Gasteiger partial charge in [0.15, 0.2) is 11.5 Å². The average molecular weight is 394 g/mol. The van der Waals surface area contributed by atoms with Gasteiger partial charge in [0.05, 0.1) is 6.61 Å². The molecule has 6 heteroatoms. The SMILES string of the molecule is CCOc1cc(/C=C(\C#N)C(=O)N2CCCC2)ccc1OCc1ccc(F)cc1. The fraction of sp³-hybridized carbons (Fsp3) is 0.304. The molecule has 0 N–H and O–H groups in total. The topological polar surface area (TPSA) is 62.6 Å². The van der Waals surface area contributed by atoms with Gasteiger partial charge in [-0.25, -0.2) is 4.39 Å². The number of carbonyl (C=O) groups excluding carboxylic acids is 1. The predicted octanol–water partition coefficient (Wildman–Crippen LogP) is 4.33. The fourth-order valence-corrected chi connectivity index (χ4v) is 3.14. The molecule has 1 amide bonds. The van der Waals surface area contributed by atoms with Crippen molar-refractivity contribution in [2.24, 2.45) is 0 Å². The molecular weight excluding hydrogens is 371 g/mol. The van der Waals surface area contributed by atoms with Crippen molar-refractivity contribution in [1.82, 2.24) is 4.90 Å². The lowest BCUT2D eigenvalue weighted by Gasteiger charge is -2.15. The summed E-state index contributed by atoms with van der Waals surface area (Å²) >= 11 is 0. The molecule has 29 heavy (non-hydrogen) atoms. The molecular formula is C23H23FN2O3. The number of carbonyl (C=O) groups is 1. The van der Waals surface area contributed by atoms with Gasteiger partial charge in [0, 0.05) is 13.1 Å². The highest BCUT2D eigenvalue weighted by atomic mass is 19.1. The van der Waals surface area contributed by atoms with E-state index in [0.717, 1.165) is 18.4 Å². The van der Waals surface area contributed by atoms with Crippen LogP contribution in [0, 0.1) is 17.1 Å². The monoisotopic (exact) mass is 394 g/mol. The number of nitriles is 1. The molecule has 2 aromatic carbocycles. The molecule has 0 atom stereocenters. The molecule has 1 aliphatic rings. The summed E-state index contributed by atoms with van der Waals surface area (Å²) in [5.41, 5.74) is 1.63. The van der Waals surface area contributed by atoms with Gasteiger partial charge in [0.1, 0.15) is 24.1 Å². The van der Waals surface area contributed by atoms with Crippen molar-refractivity contribution in [3.63, 3.8) is 0 Å². The van der Waals surface area contributed by atoms with E-state index in [1.54, 1.807) is 41.3 Å². The maximum Gasteiger partial charge on any atom is 0.264 e. The predicted molar refractivity (Wildman–Crippen MR) is 108 cm³/mol. The molecule has 0 unspecified atom stereocenters. The van der Waals surface area contributed by atoms with Gasteiger partial charge in [-0.2, -0.15) is 5.26 Å². The zero-order valence-electron chi connectivity index (χ0n) is 16.4. The first-order chi connectivity index (χ1) is 14.1. The number of benzene rings is 2. The second-order valence-electron chi connectivity index (χ2n) is 6.72. The summed E-state index contributed by atoms with van der Waals surface area (Å²) in [5, 5.41) is 9.43. The summed E-state index contributed by atoms with van der Waals surface area (Å²) in [6.45, 7) is 3.96. The molecule has 2 aromatic rings. The molecule has 0 aromatic heterocycles. The second-order valence-corrected chi connectivity index (χ2v) is 6.72. The lowest BCUT2D eigenvalue weighted by molar-refractivity contribution is -0.125. The molecule has 0 bridgehead atoms. The molecule has 0 radical (unpaired) electrons. The minimum atomic E-state index is -0.295. The molecule has 1 heterocycles. The lowest BCUT2D eigenvalue weighted by Crippen LogP contribution is -2.28. The summed E-state index contributed by atoms with van der Waals surface area (Å²) in [4.78, 5) is 14.2. The molecule has 150 valence electrons. The Balaban J connectivity index is 1.78. The van der Waals surface area contributed by atoms with Crippen LogP contribution in [-0.2, 0) is 11.4 Å². The Bertz CT molecular complexity index is 926.